The second-order valence-electron chi connectivity index (χ2n) is 0. The van der Waals surface area contributed by atoms with Crippen LogP contribution in [0.25, 0.3) is 0 Å². The number of rotatable bonds is 0. The Hall–Kier alpha value is 1.96. The van der Waals surface area contributed by atoms with Crippen LogP contribution in [0, 0.1) is 0 Å². The van der Waals surface area contributed by atoms with Gasteiger partial charge in [0.25, 0.3) is 0 Å². The van der Waals surface area contributed by atoms with E-state index >= 15 is 0 Å². The molecule has 0 unspecified atom stereocenters. The van der Waals surface area contributed by atoms with Crippen molar-refractivity contribution >= 4 is 11.0 Å². The molecule has 0 aliphatic heterocycles. The largest absolute Gasteiger partial charge is 4.00 e. The van der Waals surface area contributed by atoms with Crippen molar-refractivity contribution in [3.05, 3.63) is 0 Å². The van der Waals surface area contributed by atoms with Crippen molar-refractivity contribution in [1.29, 1.82) is 0 Å². The molecule has 0 aromatic heterocycles. The van der Waals surface area contributed by atoms with Crippen LogP contribution in [-0.4, -0.2) is 11.0 Å². The van der Waals surface area contributed by atoms with Gasteiger partial charge >= 0.3 is 13.8 Å². The Bertz CT molecular complexity index is 11.0. The van der Waals surface area contributed by atoms with Gasteiger partial charge in [-0.15, -0.1) is 0 Å². The smallest absolute Gasteiger partial charge is 1.00 e. The fourth-order valence-electron chi connectivity index (χ4n) is 0. The predicted molar refractivity (Wildman–Crippen MR) is 7.98 cm³/mol. The van der Waals surface area contributed by atoms with Crippen LogP contribution in [0.1, 0.15) is 2.85 Å². The molecule has 0 N–H and O–H groups in total. The van der Waals surface area contributed by atoms with E-state index in [1.54, 1.807) is 0 Å². The maximum Gasteiger partial charge on any atom is 4.00 e. The van der Waals surface area contributed by atoms with Crippen molar-refractivity contribution in [2.24, 2.45) is 0 Å². The molecular formula is H2Cl6Si. The molecule has 0 nitrogen and oxygen atoms in total. The molecule has 0 aliphatic rings. The summed E-state index contributed by atoms with van der Waals surface area (Å²) in [4.78, 5) is 0. The molecule has 0 bridgehead atoms. The minimum atomic E-state index is 0. The fraction of sp³-hybridized carbons (Fsp3) is 0. The van der Waals surface area contributed by atoms with E-state index in [1.807, 2.05) is 0 Å². The average Bonchev–Trinajstić information content (AvgIpc) is 0. The average molecular weight is 243 g/mol. The second-order valence-corrected chi connectivity index (χ2v) is 0. The van der Waals surface area contributed by atoms with Gasteiger partial charge in [-0.25, -0.2) is 0 Å². The van der Waals surface area contributed by atoms with E-state index in [1.165, 1.54) is 0 Å². The zero-order valence-corrected chi connectivity index (χ0v) is 8.30. The minimum Gasteiger partial charge on any atom is -1.00 e. The third kappa shape index (κ3) is 73.7. The Morgan fingerprint density at radius 3 is 0.429 bits per heavy atom. The molecule has 0 aromatic carbocycles. The van der Waals surface area contributed by atoms with Crippen LogP contribution in [0.3, 0.4) is 0 Å². The topological polar surface area (TPSA) is 0 Å². The van der Waals surface area contributed by atoms with E-state index in [-0.39, 0.29) is 88.3 Å². The van der Waals surface area contributed by atoms with Crippen molar-refractivity contribution in [1.82, 2.24) is 0 Å². The summed E-state index contributed by atoms with van der Waals surface area (Å²) in [5.41, 5.74) is 0. The first-order valence-electron chi connectivity index (χ1n) is 0. The van der Waals surface area contributed by atoms with Gasteiger partial charge in [0.1, 0.15) is 0 Å². The SMILES string of the molecule is [Cl-].[Cl-].[Cl-].[Cl-].[Cl-].[Cl-].[H+].[H+].[Si+4]. The first kappa shape index (κ1) is 148. The minimum absolute atomic E-state index is 0. The Kier molecular flexibility index (Phi) is 2130. The molecule has 0 amide bonds. The van der Waals surface area contributed by atoms with Crippen molar-refractivity contribution in [3.63, 3.8) is 0 Å². The van der Waals surface area contributed by atoms with E-state index in [4.69, 9.17) is 0 Å². The first-order valence-corrected chi connectivity index (χ1v) is 0. The summed E-state index contributed by atoms with van der Waals surface area (Å²) in [5, 5.41) is 0. The summed E-state index contributed by atoms with van der Waals surface area (Å²) in [7, 11) is 0. The molecule has 0 aliphatic carbocycles. The summed E-state index contributed by atoms with van der Waals surface area (Å²) in [6.07, 6.45) is 0. The quantitative estimate of drug-likeness (QED) is 0.370. The molecule has 0 aromatic rings. The monoisotopic (exact) mass is 240 g/mol. The molecule has 0 fully saturated rings. The first-order chi connectivity index (χ1) is 0. The van der Waals surface area contributed by atoms with Crippen molar-refractivity contribution < 1.29 is 77.3 Å². The molecule has 0 radical (unpaired) electrons. The number of hydrogen-bond donors (Lipinski definition) is 0. The van der Waals surface area contributed by atoms with Crippen molar-refractivity contribution in [3.8, 4) is 0 Å². The maximum atomic E-state index is 0. The summed E-state index contributed by atoms with van der Waals surface area (Å²) in [6, 6.07) is 0. The summed E-state index contributed by atoms with van der Waals surface area (Å²) in [5.74, 6) is 0. The third-order valence-electron chi connectivity index (χ3n) is 0. The van der Waals surface area contributed by atoms with Gasteiger partial charge < -0.3 is 74.4 Å². The molecular weight excluding hydrogens is 241 g/mol. The molecule has 0 spiro atoms. The second kappa shape index (κ2) is 101. The zero-order valence-electron chi connectivity index (χ0n) is 4.77. The van der Waals surface area contributed by atoms with Crippen LogP contribution in [0.2, 0.25) is 0 Å². The molecule has 0 atom stereocenters. The van der Waals surface area contributed by atoms with E-state index in [0.29, 0.717) is 0 Å². The van der Waals surface area contributed by atoms with Gasteiger partial charge in [-0.2, -0.15) is 0 Å². The normalized spacial score (nSPS) is 0. The molecule has 7 heavy (non-hydrogen) atoms. The van der Waals surface area contributed by atoms with Crippen LogP contribution >= 0.6 is 0 Å². The van der Waals surface area contributed by atoms with Crippen LogP contribution in [0.4, 0.5) is 0 Å². The third-order valence-corrected chi connectivity index (χ3v) is 0. The molecule has 7 heteroatoms. The van der Waals surface area contributed by atoms with Crippen LogP contribution < -0.4 is 74.4 Å². The molecule has 0 saturated heterocycles. The standard InChI is InChI=1S/6ClH.Si/h6*1H;/q;;;;;;+4/p-4. The van der Waals surface area contributed by atoms with Gasteiger partial charge in [0.2, 0.25) is 0 Å². The molecule has 48 valence electrons. The Labute approximate surface area is 88.0 Å². The maximum absolute atomic E-state index is 0. The van der Waals surface area contributed by atoms with Gasteiger partial charge in [-0.3, -0.25) is 0 Å². The van der Waals surface area contributed by atoms with Crippen molar-refractivity contribution in [2.45, 2.75) is 0 Å². The number of halogens is 6. The molecule has 0 rings (SSSR count). The van der Waals surface area contributed by atoms with E-state index in [0.717, 1.165) is 0 Å². The molecule has 0 heterocycles. The van der Waals surface area contributed by atoms with Gasteiger partial charge in [-0.05, 0) is 0 Å². The summed E-state index contributed by atoms with van der Waals surface area (Å²) >= 11 is 0. The zero-order chi connectivity index (χ0) is 0. The predicted octanol–water partition coefficient (Wildman–Crippen LogP) is -18.1. The van der Waals surface area contributed by atoms with Gasteiger partial charge in [0.15, 0.2) is 0 Å². The van der Waals surface area contributed by atoms with Gasteiger partial charge in [-0.1, -0.05) is 0 Å². The Balaban J connectivity index is 0. The fourth-order valence-corrected chi connectivity index (χ4v) is 0. The number of hydrogen-bond acceptors (Lipinski definition) is 0. The van der Waals surface area contributed by atoms with E-state index in [9.17, 15) is 0 Å². The van der Waals surface area contributed by atoms with Crippen LogP contribution in [0.15, 0.2) is 0 Å². The summed E-state index contributed by atoms with van der Waals surface area (Å²) < 4.78 is 0. The van der Waals surface area contributed by atoms with Crippen LogP contribution in [0.5, 0.6) is 0 Å². The molecule has 0 saturated carbocycles. The van der Waals surface area contributed by atoms with Gasteiger partial charge in [0, 0.05) is 0 Å². The van der Waals surface area contributed by atoms with Crippen molar-refractivity contribution in [2.75, 3.05) is 0 Å². The van der Waals surface area contributed by atoms with Crippen LogP contribution in [-0.2, 0) is 0 Å². The van der Waals surface area contributed by atoms with E-state index in [2.05, 4.69) is 0 Å². The van der Waals surface area contributed by atoms with E-state index < -0.39 is 0 Å². The Morgan fingerprint density at radius 2 is 0.429 bits per heavy atom. The summed E-state index contributed by atoms with van der Waals surface area (Å²) in [6.45, 7) is 0. The Morgan fingerprint density at radius 1 is 0.429 bits per heavy atom. The van der Waals surface area contributed by atoms with Gasteiger partial charge in [0.05, 0.1) is 0 Å².